The summed E-state index contributed by atoms with van der Waals surface area (Å²) < 4.78 is 15.5. The molecule has 2 heterocycles. The molecular weight excluding hydrogens is 297 g/mol. The molecule has 3 rings (SSSR count). The van der Waals surface area contributed by atoms with Gasteiger partial charge in [0.1, 0.15) is 18.2 Å². The van der Waals surface area contributed by atoms with Crippen LogP contribution >= 0.6 is 0 Å². The van der Waals surface area contributed by atoms with Gasteiger partial charge in [0.25, 0.3) is 0 Å². The van der Waals surface area contributed by atoms with E-state index in [9.17, 15) is 14.0 Å². The molecule has 0 aliphatic carbocycles. The molecule has 0 spiro atoms. The summed E-state index contributed by atoms with van der Waals surface area (Å²) in [6.07, 6.45) is 1.41. The molecule has 0 aliphatic heterocycles. The molecule has 0 aliphatic rings. The van der Waals surface area contributed by atoms with E-state index in [1.54, 1.807) is 12.1 Å². The van der Waals surface area contributed by atoms with Crippen LogP contribution < -0.4 is 10.7 Å². The van der Waals surface area contributed by atoms with Crippen molar-refractivity contribution in [2.24, 2.45) is 0 Å². The second-order valence-electron chi connectivity index (χ2n) is 5.16. The number of rotatable bonds is 3. The van der Waals surface area contributed by atoms with Crippen LogP contribution in [0.4, 0.5) is 10.2 Å². The van der Waals surface area contributed by atoms with Gasteiger partial charge in [-0.1, -0.05) is 12.1 Å². The van der Waals surface area contributed by atoms with E-state index in [2.05, 4.69) is 10.3 Å². The normalized spacial score (nSPS) is 10.7. The van der Waals surface area contributed by atoms with Crippen molar-refractivity contribution in [3.05, 3.63) is 70.4 Å². The zero-order valence-corrected chi connectivity index (χ0v) is 12.4. The van der Waals surface area contributed by atoms with E-state index in [4.69, 9.17) is 0 Å². The third-order valence-corrected chi connectivity index (χ3v) is 3.42. The second-order valence-corrected chi connectivity index (χ2v) is 5.16. The minimum atomic E-state index is -0.540. The van der Waals surface area contributed by atoms with Crippen molar-refractivity contribution in [3.8, 4) is 0 Å². The lowest BCUT2D eigenvalue weighted by Gasteiger charge is -2.11. The Labute approximate surface area is 131 Å². The summed E-state index contributed by atoms with van der Waals surface area (Å²) >= 11 is 0. The van der Waals surface area contributed by atoms with Crippen LogP contribution in [0.2, 0.25) is 0 Å². The van der Waals surface area contributed by atoms with Crippen molar-refractivity contribution < 1.29 is 9.18 Å². The number of nitrogens with one attached hydrogen (secondary N) is 1. The van der Waals surface area contributed by atoms with Crippen LogP contribution in [0.3, 0.4) is 0 Å². The highest BCUT2D eigenvalue weighted by Gasteiger charge is 2.11. The fourth-order valence-electron chi connectivity index (χ4n) is 2.41. The summed E-state index contributed by atoms with van der Waals surface area (Å²) in [7, 11) is 0. The molecule has 0 unspecified atom stereocenters. The molecule has 0 fully saturated rings. The molecule has 1 aromatic carbocycles. The number of pyridine rings is 2. The Balaban J connectivity index is 1.91. The van der Waals surface area contributed by atoms with Crippen molar-refractivity contribution in [3.63, 3.8) is 0 Å². The lowest BCUT2D eigenvalue weighted by Crippen LogP contribution is -2.21. The largest absolute Gasteiger partial charge is 0.335 e. The fourth-order valence-corrected chi connectivity index (χ4v) is 2.41. The molecule has 23 heavy (non-hydrogen) atoms. The van der Waals surface area contributed by atoms with Crippen molar-refractivity contribution in [1.29, 1.82) is 0 Å². The topological polar surface area (TPSA) is 64.0 Å². The number of carbonyl (C=O) groups is 1. The van der Waals surface area contributed by atoms with Gasteiger partial charge in [0.2, 0.25) is 5.91 Å². The van der Waals surface area contributed by atoms with Gasteiger partial charge in [0, 0.05) is 23.3 Å². The molecule has 0 saturated heterocycles. The van der Waals surface area contributed by atoms with Gasteiger partial charge in [0.05, 0.1) is 5.52 Å². The standard InChI is InChI=1S/C17H14FN3O2/c1-11-4-2-7-15(19-11)20-16(23)10-21-9-8-14(22)12-5-3-6-13(18)17(12)21/h2-9H,10H2,1H3,(H,19,20,23). The number of benzene rings is 1. The van der Waals surface area contributed by atoms with Gasteiger partial charge in [-0.25, -0.2) is 9.37 Å². The van der Waals surface area contributed by atoms with Gasteiger partial charge in [-0.2, -0.15) is 0 Å². The molecule has 6 heteroatoms. The van der Waals surface area contributed by atoms with Crippen LogP contribution in [-0.4, -0.2) is 15.5 Å². The average molecular weight is 311 g/mol. The summed E-state index contributed by atoms with van der Waals surface area (Å²) in [4.78, 5) is 28.2. The van der Waals surface area contributed by atoms with E-state index in [0.29, 0.717) is 5.82 Å². The van der Waals surface area contributed by atoms with Crippen molar-refractivity contribution in [2.75, 3.05) is 5.32 Å². The highest BCUT2D eigenvalue weighted by Crippen LogP contribution is 2.14. The van der Waals surface area contributed by atoms with Crippen LogP contribution in [0.1, 0.15) is 5.69 Å². The molecule has 0 radical (unpaired) electrons. The number of hydrogen-bond acceptors (Lipinski definition) is 3. The highest BCUT2D eigenvalue weighted by atomic mass is 19.1. The first-order valence-corrected chi connectivity index (χ1v) is 7.06. The van der Waals surface area contributed by atoms with Gasteiger partial charge >= 0.3 is 0 Å². The Morgan fingerprint density at radius 2 is 2.00 bits per heavy atom. The number of fused-ring (bicyclic) bond motifs is 1. The first kappa shape index (κ1) is 14.9. The summed E-state index contributed by atoms with van der Waals surface area (Å²) in [5, 5.41) is 2.90. The van der Waals surface area contributed by atoms with E-state index in [-0.39, 0.29) is 28.8 Å². The highest BCUT2D eigenvalue weighted by molar-refractivity contribution is 5.91. The van der Waals surface area contributed by atoms with E-state index in [1.165, 1.54) is 35.0 Å². The van der Waals surface area contributed by atoms with Gasteiger partial charge in [-0.3, -0.25) is 9.59 Å². The van der Waals surface area contributed by atoms with E-state index < -0.39 is 5.82 Å². The third kappa shape index (κ3) is 3.11. The van der Waals surface area contributed by atoms with Crippen molar-refractivity contribution in [2.45, 2.75) is 13.5 Å². The number of aromatic nitrogens is 2. The second kappa shape index (κ2) is 6.00. The lowest BCUT2D eigenvalue weighted by molar-refractivity contribution is -0.116. The minimum absolute atomic E-state index is 0.118. The molecule has 0 atom stereocenters. The van der Waals surface area contributed by atoms with Crippen LogP contribution in [0.15, 0.2) is 53.5 Å². The number of amides is 1. The molecule has 3 aromatic rings. The maximum Gasteiger partial charge on any atom is 0.245 e. The number of para-hydroxylation sites is 1. The molecule has 5 nitrogen and oxygen atoms in total. The maximum atomic E-state index is 14.1. The molecule has 116 valence electrons. The van der Waals surface area contributed by atoms with Crippen molar-refractivity contribution >= 4 is 22.6 Å². The monoisotopic (exact) mass is 311 g/mol. The fraction of sp³-hybridized carbons (Fsp3) is 0.118. The predicted molar refractivity (Wildman–Crippen MR) is 85.8 cm³/mol. The first-order chi connectivity index (χ1) is 11.0. The van der Waals surface area contributed by atoms with E-state index in [0.717, 1.165) is 5.69 Å². The third-order valence-electron chi connectivity index (χ3n) is 3.42. The van der Waals surface area contributed by atoms with Crippen LogP contribution in [0, 0.1) is 12.7 Å². The lowest BCUT2D eigenvalue weighted by atomic mass is 10.2. The summed E-state index contributed by atoms with van der Waals surface area (Å²) in [5.41, 5.74) is 0.617. The quantitative estimate of drug-likeness (QED) is 0.808. The summed E-state index contributed by atoms with van der Waals surface area (Å²) in [6, 6.07) is 10.9. The maximum absolute atomic E-state index is 14.1. The Kier molecular flexibility index (Phi) is 3.89. The van der Waals surface area contributed by atoms with Crippen LogP contribution in [-0.2, 0) is 11.3 Å². The first-order valence-electron chi connectivity index (χ1n) is 7.06. The Bertz CT molecular complexity index is 950. The zero-order chi connectivity index (χ0) is 16.4. The predicted octanol–water partition coefficient (Wildman–Crippen LogP) is 2.48. The number of hydrogen-bond donors (Lipinski definition) is 1. The summed E-state index contributed by atoms with van der Waals surface area (Å²) in [5.74, 6) is -0.459. The number of anilines is 1. The Morgan fingerprint density at radius 1 is 1.22 bits per heavy atom. The van der Waals surface area contributed by atoms with Gasteiger partial charge in [-0.15, -0.1) is 0 Å². The van der Waals surface area contributed by atoms with Gasteiger partial charge in [0.15, 0.2) is 5.43 Å². The van der Waals surface area contributed by atoms with Crippen molar-refractivity contribution in [1.82, 2.24) is 9.55 Å². The molecule has 1 amide bonds. The molecular formula is C17H14FN3O2. The SMILES string of the molecule is Cc1cccc(NC(=O)Cn2ccc(=O)c3cccc(F)c32)n1. The Morgan fingerprint density at radius 3 is 2.78 bits per heavy atom. The summed E-state index contributed by atoms with van der Waals surface area (Å²) in [6.45, 7) is 1.70. The minimum Gasteiger partial charge on any atom is -0.335 e. The molecule has 1 N–H and O–H groups in total. The number of aryl methyl sites for hydroxylation is 1. The number of carbonyl (C=O) groups excluding carboxylic acids is 1. The van der Waals surface area contributed by atoms with E-state index in [1.807, 2.05) is 13.0 Å². The number of nitrogens with zero attached hydrogens (tertiary/aromatic N) is 2. The average Bonchev–Trinajstić information content (AvgIpc) is 2.50. The van der Waals surface area contributed by atoms with Crippen LogP contribution in [0.5, 0.6) is 0 Å². The van der Waals surface area contributed by atoms with Gasteiger partial charge < -0.3 is 9.88 Å². The molecule has 2 aromatic heterocycles. The smallest absolute Gasteiger partial charge is 0.245 e. The van der Waals surface area contributed by atoms with Crippen LogP contribution in [0.25, 0.3) is 10.9 Å². The van der Waals surface area contributed by atoms with Gasteiger partial charge in [-0.05, 0) is 31.2 Å². The molecule has 0 bridgehead atoms. The molecule has 0 saturated carbocycles. The zero-order valence-electron chi connectivity index (χ0n) is 12.4. The Hall–Kier alpha value is -3.02. The number of halogens is 1. The van der Waals surface area contributed by atoms with E-state index >= 15 is 0 Å².